The number of hydrogen-bond acceptors (Lipinski definition) is 2. The standard InChI is InChI=1S/C8H13NO2/c1-8(2)9-6(3-4-11-8)5-7(9)10/h6H,3-5H2,1-2H3/t6-/m0/s1. The minimum atomic E-state index is -0.349. The molecule has 2 fully saturated rings. The van der Waals surface area contributed by atoms with Crippen molar-refractivity contribution < 1.29 is 9.53 Å². The van der Waals surface area contributed by atoms with Gasteiger partial charge in [-0.05, 0) is 20.3 Å². The predicted octanol–water partition coefficient (Wildman–Crippen LogP) is 0.744. The van der Waals surface area contributed by atoms with Gasteiger partial charge < -0.3 is 9.64 Å². The molecule has 0 bridgehead atoms. The highest BCUT2D eigenvalue weighted by molar-refractivity contribution is 5.83. The summed E-state index contributed by atoms with van der Waals surface area (Å²) >= 11 is 0. The van der Waals surface area contributed by atoms with Gasteiger partial charge in [0.2, 0.25) is 5.91 Å². The van der Waals surface area contributed by atoms with E-state index in [-0.39, 0.29) is 11.6 Å². The first-order valence-electron chi connectivity index (χ1n) is 4.07. The van der Waals surface area contributed by atoms with Gasteiger partial charge in [-0.15, -0.1) is 0 Å². The first kappa shape index (κ1) is 7.10. The van der Waals surface area contributed by atoms with Gasteiger partial charge in [-0.1, -0.05) is 0 Å². The molecule has 3 nitrogen and oxygen atoms in total. The highest BCUT2D eigenvalue weighted by Crippen LogP contribution is 2.35. The zero-order chi connectivity index (χ0) is 8.06. The molecule has 3 heteroatoms. The Kier molecular flexibility index (Phi) is 1.27. The van der Waals surface area contributed by atoms with Gasteiger partial charge in [0.15, 0.2) is 0 Å². The average molecular weight is 155 g/mol. The van der Waals surface area contributed by atoms with E-state index in [1.807, 2.05) is 18.7 Å². The van der Waals surface area contributed by atoms with Crippen LogP contribution < -0.4 is 0 Å². The van der Waals surface area contributed by atoms with Crippen LogP contribution in [0.2, 0.25) is 0 Å². The lowest BCUT2D eigenvalue weighted by atomic mass is 9.93. The normalized spacial score (nSPS) is 34.5. The van der Waals surface area contributed by atoms with Crippen molar-refractivity contribution in [3.63, 3.8) is 0 Å². The van der Waals surface area contributed by atoms with E-state index in [0.29, 0.717) is 6.04 Å². The lowest BCUT2D eigenvalue weighted by Crippen LogP contribution is -2.66. The van der Waals surface area contributed by atoms with Crippen molar-refractivity contribution in [2.24, 2.45) is 0 Å². The zero-order valence-electron chi connectivity index (χ0n) is 6.96. The van der Waals surface area contributed by atoms with Gasteiger partial charge >= 0.3 is 0 Å². The van der Waals surface area contributed by atoms with Gasteiger partial charge in [0.25, 0.3) is 0 Å². The number of β-lactam (4-membered cyclic amide) rings is 1. The SMILES string of the molecule is CC1(C)OCC[C@H]2CC(=O)N21. The maximum atomic E-state index is 11.1. The summed E-state index contributed by atoms with van der Waals surface area (Å²) in [5, 5.41) is 0. The van der Waals surface area contributed by atoms with E-state index in [1.165, 1.54) is 0 Å². The maximum absolute atomic E-state index is 11.1. The minimum Gasteiger partial charge on any atom is -0.356 e. The number of fused-ring (bicyclic) bond motifs is 1. The average Bonchev–Trinajstić information content (AvgIpc) is 1.82. The Balaban J connectivity index is 2.17. The highest BCUT2D eigenvalue weighted by Gasteiger charge is 2.48. The Morgan fingerprint density at radius 2 is 2.36 bits per heavy atom. The number of amides is 1. The Hall–Kier alpha value is -0.570. The second kappa shape index (κ2) is 1.97. The van der Waals surface area contributed by atoms with Crippen molar-refractivity contribution in [3.8, 4) is 0 Å². The van der Waals surface area contributed by atoms with Crippen LogP contribution >= 0.6 is 0 Å². The van der Waals surface area contributed by atoms with Gasteiger partial charge in [-0.3, -0.25) is 4.79 Å². The fraction of sp³-hybridized carbons (Fsp3) is 0.875. The van der Waals surface area contributed by atoms with E-state index >= 15 is 0 Å². The first-order valence-corrected chi connectivity index (χ1v) is 4.07. The van der Waals surface area contributed by atoms with E-state index in [1.54, 1.807) is 0 Å². The topological polar surface area (TPSA) is 29.5 Å². The van der Waals surface area contributed by atoms with Crippen molar-refractivity contribution in [2.75, 3.05) is 6.61 Å². The van der Waals surface area contributed by atoms with E-state index in [4.69, 9.17) is 4.74 Å². The van der Waals surface area contributed by atoms with Crippen LogP contribution in [-0.2, 0) is 9.53 Å². The fourth-order valence-corrected chi connectivity index (χ4v) is 1.97. The molecule has 2 aliphatic rings. The van der Waals surface area contributed by atoms with Crippen LogP contribution in [0.25, 0.3) is 0 Å². The van der Waals surface area contributed by atoms with Crippen LogP contribution in [-0.4, -0.2) is 29.2 Å². The van der Waals surface area contributed by atoms with Crippen molar-refractivity contribution in [1.29, 1.82) is 0 Å². The minimum absolute atomic E-state index is 0.236. The van der Waals surface area contributed by atoms with Crippen molar-refractivity contribution >= 4 is 5.91 Å². The van der Waals surface area contributed by atoms with E-state index in [0.717, 1.165) is 19.4 Å². The fourth-order valence-electron chi connectivity index (χ4n) is 1.97. The van der Waals surface area contributed by atoms with E-state index in [2.05, 4.69) is 0 Å². The summed E-state index contributed by atoms with van der Waals surface area (Å²) in [5.74, 6) is 0.236. The molecule has 11 heavy (non-hydrogen) atoms. The molecule has 1 amide bonds. The van der Waals surface area contributed by atoms with Crippen LogP contribution in [0.3, 0.4) is 0 Å². The van der Waals surface area contributed by atoms with Gasteiger partial charge in [0.1, 0.15) is 5.72 Å². The third-order valence-electron chi connectivity index (χ3n) is 2.53. The molecule has 1 atom stereocenters. The number of ether oxygens (including phenoxy) is 1. The van der Waals surface area contributed by atoms with Crippen LogP contribution in [0, 0.1) is 0 Å². The Labute approximate surface area is 66.3 Å². The molecule has 2 rings (SSSR count). The Morgan fingerprint density at radius 3 is 2.82 bits per heavy atom. The third-order valence-corrected chi connectivity index (χ3v) is 2.53. The molecule has 0 aromatic carbocycles. The zero-order valence-corrected chi connectivity index (χ0v) is 6.96. The molecule has 2 heterocycles. The van der Waals surface area contributed by atoms with Gasteiger partial charge in [0.05, 0.1) is 6.61 Å². The van der Waals surface area contributed by atoms with Gasteiger partial charge in [-0.25, -0.2) is 0 Å². The molecule has 0 radical (unpaired) electrons. The third kappa shape index (κ3) is 0.872. The van der Waals surface area contributed by atoms with Crippen LogP contribution in [0.1, 0.15) is 26.7 Å². The van der Waals surface area contributed by atoms with Gasteiger partial charge in [0, 0.05) is 12.5 Å². The van der Waals surface area contributed by atoms with E-state index < -0.39 is 0 Å². The molecular formula is C8H13NO2. The summed E-state index contributed by atoms with van der Waals surface area (Å²) in [4.78, 5) is 13.0. The number of nitrogens with zero attached hydrogens (tertiary/aromatic N) is 1. The molecule has 0 aromatic heterocycles. The highest BCUT2D eigenvalue weighted by atomic mass is 16.5. The Morgan fingerprint density at radius 1 is 1.64 bits per heavy atom. The molecule has 62 valence electrons. The molecule has 0 unspecified atom stereocenters. The lowest BCUT2D eigenvalue weighted by Gasteiger charge is -2.53. The summed E-state index contributed by atoms with van der Waals surface area (Å²) < 4.78 is 5.47. The summed E-state index contributed by atoms with van der Waals surface area (Å²) in [6, 6.07) is 0.464. The van der Waals surface area contributed by atoms with Crippen LogP contribution in [0.15, 0.2) is 0 Å². The summed E-state index contributed by atoms with van der Waals surface area (Å²) in [6.45, 7) is 4.70. The number of hydrogen-bond donors (Lipinski definition) is 0. The van der Waals surface area contributed by atoms with Crippen molar-refractivity contribution in [3.05, 3.63) is 0 Å². The predicted molar refractivity (Wildman–Crippen MR) is 39.9 cm³/mol. The van der Waals surface area contributed by atoms with Crippen molar-refractivity contribution in [2.45, 2.75) is 38.5 Å². The molecule has 2 saturated heterocycles. The smallest absolute Gasteiger partial charge is 0.227 e. The lowest BCUT2D eigenvalue weighted by molar-refractivity contribution is -0.218. The monoisotopic (exact) mass is 155 g/mol. The van der Waals surface area contributed by atoms with E-state index in [9.17, 15) is 4.79 Å². The number of carbonyl (C=O) groups is 1. The number of carbonyl (C=O) groups excluding carboxylic acids is 1. The maximum Gasteiger partial charge on any atom is 0.227 e. The van der Waals surface area contributed by atoms with Crippen LogP contribution in [0.5, 0.6) is 0 Å². The van der Waals surface area contributed by atoms with Gasteiger partial charge in [-0.2, -0.15) is 0 Å². The Bertz CT molecular complexity index is 200. The summed E-state index contributed by atoms with van der Waals surface area (Å²) in [6.07, 6.45) is 1.74. The summed E-state index contributed by atoms with van der Waals surface area (Å²) in [5.41, 5.74) is -0.349. The van der Waals surface area contributed by atoms with Crippen molar-refractivity contribution in [1.82, 2.24) is 4.90 Å². The molecular weight excluding hydrogens is 142 g/mol. The molecule has 0 saturated carbocycles. The summed E-state index contributed by atoms with van der Waals surface area (Å²) in [7, 11) is 0. The molecule has 0 N–H and O–H groups in total. The largest absolute Gasteiger partial charge is 0.356 e. The molecule has 0 aliphatic carbocycles. The van der Waals surface area contributed by atoms with Crippen LogP contribution in [0.4, 0.5) is 0 Å². The second-order valence-corrected chi connectivity index (χ2v) is 3.71. The molecule has 2 aliphatic heterocycles. The first-order chi connectivity index (χ1) is 5.11. The second-order valence-electron chi connectivity index (χ2n) is 3.71. The molecule has 0 spiro atoms. The molecule has 0 aromatic rings. The quantitative estimate of drug-likeness (QED) is 0.483. The number of rotatable bonds is 0.